The van der Waals surface area contributed by atoms with Crippen molar-refractivity contribution in [1.29, 1.82) is 0 Å². The van der Waals surface area contributed by atoms with Crippen LogP contribution in [0.2, 0.25) is 0 Å². The van der Waals surface area contributed by atoms with E-state index in [0.29, 0.717) is 0 Å². The Morgan fingerprint density at radius 2 is 0.825 bits per heavy atom. The minimum atomic E-state index is -3.67. The molecule has 0 saturated heterocycles. The molecular weight excluding hydrogens is 825 g/mol. The average molecular weight is 864 g/mol. The molecule has 294 valence electrons. The molecule has 4 nitrogen and oxygen atoms in total. The van der Waals surface area contributed by atoms with Gasteiger partial charge >= 0.3 is 298 Å². The molecule has 5 heteroatoms. The fourth-order valence-corrected chi connectivity index (χ4v) is 21.6. The van der Waals surface area contributed by atoms with E-state index in [2.05, 4.69) is 240 Å². The summed E-state index contributed by atoms with van der Waals surface area (Å²) in [5.41, 5.74) is 12.2. The SMILES string of the molecule is c1ccc(-c2nc(-c3cccc(-n4c5ccccc5c5cc6c7ccccc7n(-c7ccccc7)c6cc54)c3)nc3[c]2[Ge]([c]2ccccc2)([c]2ccccc2)[c]2ccccc2-3)cc1. The molecule has 9 aromatic carbocycles. The third kappa shape index (κ3) is 5.28. The number of nitrogens with zero attached hydrogens (tertiary/aromatic N) is 4. The number of para-hydroxylation sites is 3. The van der Waals surface area contributed by atoms with Crippen molar-refractivity contribution in [2.24, 2.45) is 0 Å². The second kappa shape index (κ2) is 14.1. The van der Waals surface area contributed by atoms with Gasteiger partial charge in [0.05, 0.1) is 5.52 Å². The molecular formula is C58H38GeN4. The molecule has 0 spiro atoms. The molecule has 4 heterocycles. The Balaban J connectivity index is 1.08. The summed E-state index contributed by atoms with van der Waals surface area (Å²) in [4.78, 5) is 11.4. The molecule has 0 fully saturated rings. The van der Waals surface area contributed by atoms with E-state index in [-0.39, 0.29) is 0 Å². The van der Waals surface area contributed by atoms with Gasteiger partial charge in [-0.15, -0.1) is 0 Å². The molecule has 0 radical (unpaired) electrons. The van der Waals surface area contributed by atoms with Crippen LogP contribution < -0.4 is 17.6 Å². The van der Waals surface area contributed by atoms with Gasteiger partial charge in [0.1, 0.15) is 0 Å². The Labute approximate surface area is 367 Å². The Bertz CT molecular complexity index is 3690. The first-order valence-corrected chi connectivity index (χ1v) is 25.8. The summed E-state index contributed by atoms with van der Waals surface area (Å²) in [7, 11) is 0. The van der Waals surface area contributed by atoms with Crippen LogP contribution in [0.3, 0.4) is 0 Å². The van der Waals surface area contributed by atoms with Crippen LogP contribution in [0.1, 0.15) is 0 Å². The first-order chi connectivity index (χ1) is 31.3. The van der Waals surface area contributed by atoms with E-state index < -0.39 is 13.3 Å². The third-order valence-corrected chi connectivity index (χ3v) is 23.4. The Hall–Kier alpha value is -7.80. The van der Waals surface area contributed by atoms with Crippen LogP contribution in [0.15, 0.2) is 231 Å². The molecule has 0 aliphatic carbocycles. The zero-order valence-corrected chi connectivity index (χ0v) is 36.3. The van der Waals surface area contributed by atoms with Crippen LogP contribution in [-0.2, 0) is 0 Å². The van der Waals surface area contributed by atoms with E-state index in [1.807, 2.05) is 0 Å². The summed E-state index contributed by atoms with van der Waals surface area (Å²) in [6.07, 6.45) is 0. The molecule has 0 N–H and O–H groups in total. The number of rotatable bonds is 6. The first kappa shape index (κ1) is 35.9. The summed E-state index contributed by atoms with van der Waals surface area (Å²) in [6.45, 7) is 0. The van der Waals surface area contributed by atoms with E-state index in [1.165, 1.54) is 55.7 Å². The van der Waals surface area contributed by atoms with Gasteiger partial charge in [-0.25, -0.2) is 0 Å². The van der Waals surface area contributed by atoms with E-state index in [1.54, 1.807) is 0 Å². The van der Waals surface area contributed by atoms with E-state index in [4.69, 9.17) is 9.97 Å². The molecule has 0 atom stereocenters. The molecule has 0 saturated carbocycles. The topological polar surface area (TPSA) is 35.6 Å². The molecule has 0 bridgehead atoms. The van der Waals surface area contributed by atoms with E-state index in [0.717, 1.165) is 50.7 Å². The van der Waals surface area contributed by atoms with Gasteiger partial charge in [0, 0.05) is 11.1 Å². The zero-order chi connectivity index (χ0) is 41.5. The third-order valence-electron chi connectivity index (χ3n) is 13.2. The fourth-order valence-electron chi connectivity index (χ4n) is 10.6. The standard InChI is InChI=1S/C58H38GeN4/c1-5-20-39(21-6-1)56-55-57(47-32-13-16-33-50(47)59(55,41-23-7-2-8-24-41)42-25-9-3-10-26-42)61-58(60-56)40-22-19-29-44(36-40)63-52-35-18-15-31-46(52)49-37-48-45-30-14-17-34-51(45)62(53(48)38-54(49)63)43-27-11-4-12-28-43/h1-38H. The normalized spacial score (nSPS) is 12.9. The Morgan fingerprint density at radius 3 is 1.48 bits per heavy atom. The number of hydrogen-bond donors (Lipinski definition) is 0. The predicted molar refractivity (Wildman–Crippen MR) is 264 cm³/mol. The van der Waals surface area contributed by atoms with Gasteiger partial charge in [-0.05, 0) is 18.2 Å². The van der Waals surface area contributed by atoms with Crippen molar-refractivity contribution in [1.82, 2.24) is 19.1 Å². The molecule has 63 heavy (non-hydrogen) atoms. The molecule has 13 rings (SSSR count). The quantitative estimate of drug-likeness (QED) is 0.156. The van der Waals surface area contributed by atoms with Crippen molar-refractivity contribution in [2.75, 3.05) is 0 Å². The maximum atomic E-state index is 5.69. The molecule has 3 aromatic heterocycles. The Kier molecular flexibility index (Phi) is 8.05. The predicted octanol–water partition coefficient (Wildman–Crippen LogP) is 11.4. The second-order valence-electron chi connectivity index (χ2n) is 16.5. The van der Waals surface area contributed by atoms with Crippen LogP contribution in [0.4, 0.5) is 0 Å². The van der Waals surface area contributed by atoms with Crippen LogP contribution in [0, 0.1) is 0 Å². The molecule has 12 aromatic rings. The van der Waals surface area contributed by atoms with Crippen molar-refractivity contribution in [3.8, 4) is 45.3 Å². The van der Waals surface area contributed by atoms with E-state index in [9.17, 15) is 0 Å². The van der Waals surface area contributed by atoms with Crippen molar-refractivity contribution >= 4 is 74.5 Å². The maximum absolute atomic E-state index is 5.69. The van der Waals surface area contributed by atoms with Gasteiger partial charge < -0.3 is 0 Å². The summed E-state index contributed by atoms with van der Waals surface area (Å²) in [5.74, 6) is 0.718. The van der Waals surface area contributed by atoms with E-state index >= 15 is 0 Å². The van der Waals surface area contributed by atoms with Gasteiger partial charge in [0.15, 0.2) is 0 Å². The summed E-state index contributed by atoms with van der Waals surface area (Å²) in [6, 6.07) is 84.0. The van der Waals surface area contributed by atoms with Crippen molar-refractivity contribution in [2.45, 2.75) is 0 Å². The monoisotopic (exact) mass is 864 g/mol. The fraction of sp³-hybridized carbons (Fsp3) is 0. The summed E-state index contributed by atoms with van der Waals surface area (Å²) in [5, 5.41) is 4.93. The Morgan fingerprint density at radius 1 is 0.333 bits per heavy atom. The van der Waals surface area contributed by atoms with Crippen LogP contribution in [-0.4, -0.2) is 32.4 Å². The zero-order valence-electron chi connectivity index (χ0n) is 34.2. The molecule has 1 aliphatic heterocycles. The molecule has 0 unspecified atom stereocenters. The van der Waals surface area contributed by atoms with Gasteiger partial charge in [-0.2, -0.15) is 0 Å². The van der Waals surface area contributed by atoms with Crippen molar-refractivity contribution in [3.63, 3.8) is 0 Å². The van der Waals surface area contributed by atoms with Crippen LogP contribution in [0.25, 0.3) is 88.9 Å². The number of hydrogen-bond acceptors (Lipinski definition) is 2. The number of benzene rings is 9. The minimum absolute atomic E-state index is 0.718. The van der Waals surface area contributed by atoms with Gasteiger partial charge in [-0.1, -0.05) is 36.4 Å². The molecule has 1 aliphatic rings. The van der Waals surface area contributed by atoms with Gasteiger partial charge in [-0.3, -0.25) is 0 Å². The van der Waals surface area contributed by atoms with Gasteiger partial charge in [0.25, 0.3) is 0 Å². The summed E-state index contributed by atoms with van der Waals surface area (Å²) >= 11 is -3.67. The van der Waals surface area contributed by atoms with Gasteiger partial charge in [0.2, 0.25) is 0 Å². The van der Waals surface area contributed by atoms with Crippen molar-refractivity contribution in [3.05, 3.63) is 231 Å². The number of fused-ring (bicyclic) bond motifs is 9. The summed E-state index contributed by atoms with van der Waals surface area (Å²) < 4.78 is 10.3. The number of aromatic nitrogens is 4. The first-order valence-electron chi connectivity index (χ1n) is 21.6. The average Bonchev–Trinajstić information content (AvgIpc) is 3.98. The van der Waals surface area contributed by atoms with Crippen LogP contribution >= 0.6 is 0 Å². The van der Waals surface area contributed by atoms with Crippen LogP contribution in [0.5, 0.6) is 0 Å². The molecule has 0 amide bonds. The second-order valence-corrected chi connectivity index (χ2v) is 24.2. The van der Waals surface area contributed by atoms with Crippen molar-refractivity contribution < 1.29 is 0 Å².